The highest BCUT2D eigenvalue weighted by Crippen LogP contribution is 2.30. The number of benzene rings is 1. The SMILES string of the molecule is CCCCCOC(=O)OCCN[C@@H](Cc1ccc(OC(=O)OC)c(OC(=O)OC)c1)C(=O)OC. The Morgan fingerprint density at radius 3 is 2.09 bits per heavy atom. The molecule has 190 valence electrons. The van der Waals surface area contributed by atoms with Gasteiger partial charge in [0.1, 0.15) is 12.6 Å². The van der Waals surface area contributed by atoms with Gasteiger partial charge in [-0.1, -0.05) is 25.8 Å². The van der Waals surface area contributed by atoms with E-state index in [4.69, 9.17) is 23.7 Å². The number of unbranched alkanes of at least 4 members (excludes halogenated alkanes) is 2. The van der Waals surface area contributed by atoms with Gasteiger partial charge in [0.15, 0.2) is 11.5 Å². The van der Waals surface area contributed by atoms with Crippen LogP contribution in [0.4, 0.5) is 14.4 Å². The lowest BCUT2D eigenvalue weighted by atomic mass is 10.1. The highest BCUT2D eigenvalue weighted by Gasteiger charge is 2.22. The summed E-state index contributed by atoms with van der Waals surface area (Å²) in [4.78, 5) is 46.7. The van der Waals surface area contributed by atoms with Gasteiger partial charge in [0.05, 0.1) is 27.9 Å². The molecule has 1 aromatic carbocycles. The fourth-order valence-electron chi connectivity index (χ4n) is 2.64. The lowest BCUT2D eigenvalue weighted by Crippen LogP contribution is -2.41. The summed E-state index contributed by atoms with van der Waals surface area (Å²) in [6, 6.07) is 3.52. The minimum absolute atomic E-state index is 0.0251. The fourth-order valence-corrected chi connectivity index (χ4v) is 2.64. The minimum Gasteiger partial charge on any atom is -0.468 e. The number of esters is 1. The van der Waals surface area contributed by atoms with Crippen molar-refractivity contribution in [3.05, 3.63) is 23.8 Å². The summed E-state index contributed by atoms with van der Waals surface area (Å²) in [5, 5.41) is 2.93. The molecule has 12 nitrogen and oxygen atoms in total. The molecule has 0 radical (unpaired) electrons. The van der Waals surface area contributed by atoms with Crippen LogP contribution in [0.15, 0.2) is 18.2 Å². The minimum atomic E-state index is -1.03. The monoisotopic (exact) mass is 485 g/mol. The maximum absolute atomic E-state index is 12.2. The van der Waals surface area contributed by atoms with E-state index in [2.05, 4.69) is 14.8 Å². The molecule has 0 fully saturated rings. The van der Waals surface area contributed by atoms with Crippen LogP contribution in [0.3, 0.4) is 0 Å². The Morgan fingerprint density at radius 1 is 0.824 bits per heavy atom. The number of carbonyl (C=O) groups is 4. The Labute approximate surface area is 197 Å². The number of hydrogen-bond acceptors (Lipinski definition) is 12. The molecule has 0 aliphatic carbocycles. The van der Waals surface area contributed by atoms with Crippen LogP contribution >= 0.6 is 0 Å². The standard InChI is InChI=1S/C22H31NO11/c1-5-6-7-11-31-22(27)32-12-10-23-16(19(24)28-2)13-15-8-9-17(33-20(25)29-3)18(14-15)34-21(26)30-4/h8-9,14,16,23H,5-7,10-13H2,1-4H3/t16-/m0/s1. The summed E-state index contributed by atoms with van der Waals surface area (Å²) in [6.45, 7) is 2.46. The number of rotatable bonds is 13. The summed E-state index contributed by atoms with van der Waals surface area (Å²) in [6.07, 6.45) is 0.0164. The third-order valence-electron chi connectivity index (χ3n) is 4.33. The van der Waals surface area contributed by atoms with Crippen LogP contribution in [0.2, 0.25) is 0 Å². The predicted molar refractivity (Wildman–Crippen MR) is 117 cm³/mol. The first kappa shape index (κ1) is 28.5. The third-order valence-corrected chi connectivity index (χ3v) is 4.33. The molecule has 0 aliphatic heterocycles. The van der Waals surface area contributed by atoms with E-state index in [1.54, 1.807) is 6.07 Å². The van der Waals surface area contributed by atoms with E-state index in [9.17, 15) is 19.2 Å². The van der Waals surface area contributed by atoms with Crippen molar-refractivity contribution in [3.63, 3.8) is 0 Å². The maximum Gasteiger partial charge on any atom is 0.513 e. The molecule has 0 spiro atoms. The molecule has 1 N–H and O–H groups in total. The second-order valence-corrected chi connectivity index (χ2v) is 6.78. The van der Waals surface area contributed by atoms with Crippen molar-refractivity contribution < 1.29 is 52.3 Å². The van der Waals surface area contributed by atoms with Crippen LogP contribution in [0, 0.1) is 0 Å². The van der Waals surface area contributed by atoms with Crippen molar-refractivity contribution in [1.82, 2.24) is 5.32 Å². The van der Waals surface area contributed by atoms with Gasteiger partial charge in [-0.15, -0.1) is 0 Å². The van der Waals surface area contributed by atoms with Crippen molar-refractivity contribution in [2.24, 2.45) is 0 Å². The van der Waals surface area contributed by atoms with E-state index in [0.717, 1.165) is 33.5 Å². The zero-order valence-corrected chi connectivity index (χ0v) is 19.7. The van der Waals surface area contributed by atoms with E-state index in [1.807, 2.05) is 6.92 Å². The summed E-state index contributed by atoms with van der Waals surface area (Å²) >= 11 is 0. The smallest absolute Gasteiger partial charge is 0.468 e. The molecule has 0 aliphatic rings. The molecule has 0 aromatic heterocycles. The van der Waals surface area contributed by atoms with Gasteiger partial charge in [-0.2, -0.15) is 0 Å². The molecule has 0 bridgehead atoms. The van der Waals surface area contributed by atoms with Crippen molar-refractivity contribution in [3.8, 4) is 11.5 Å². The first-order valence-electron chi connectivity index (χ1n) is 10.6. The van der Waals surface area contributed by atoms with Gasteiger partial charge >= 0.3 is 24.4 Å². The van der Waals surface area contributed by atoms with Crippen LogP contribution < -0.4 is 14.8 Å². The van der Waals surface area contributed by atoms with Gasteiger partial charge in [0.2, 0.25) is 0 Å². The molecule has 34 heavy (non-hydrogen) atoms. The average Bonchev–Trinajstić information content (AvgIpc) is 2.84. The lowest BCUT2D eigenvalue weighted by molar-refractivity contribution is -0.143. The van der Waals surface area contributed by atoms with E-state index < -0.39 is 30.5 Å². The fraction of sp³-hybridized carbons (Fsp3) is 0.545. The van der Waals surface area contributed by atoms with Crippen molar-refractivity contribution in [2.75, 3.05) is 41.1 Å². The Balaban J connectivity index is 2.76. The van der Waals surface area contributed by atoms with Gasteiger partial charge in [-0.25, -0.2) is 14.4 Å². The van der Waals surface area contributed by atoms with E-state index >= 15 is 0 Å². The zero-order chi connectivity index (χ0) is 25.3. The van der Waals surface area contributed by atoms with Crippen LogP contribution in [-0.4, -0.2) is 71.6 Å². The highest BCUT2D eigenvalue weighted by atomic mass is 16.7. The Bertz CT molecular complexity index is 812. The summed E-state index contributed by atoms with van der Waals surface area (Å²) in [5.41, 5.74) is 0.537. The second-order valence-electron chi connectivity index (χ2n) is 6.78. The van der Waals surface area contributed by atoms with Crippen LogP contribution in [-0.2, 0) is 34.9 Å². The highest BCUT2D eigenvalue weighted by molar-refractivity contribution is 5.76. The van der Waals surface area contributed by atoms with E-state index in [1.165, 1.54) is 19.2 Å². The molecule has 1 atom stereocenters. The van der Waals surface area contributed by atoms with Crippen molar-refractivity contribution in [2.45, 2.75) is 38.6 Å². The molecule has 12 heteroatoms. The summed E-state index contributed by atoms with van der Waals surface area (Å²) < 4.78 is 33.6. The number of carbonyl (C=O) groups excluding carboxylic acids is 4. The predicted octanol–water partition coefficient (Wildman–Crippen LogP) is 2.99. The normalized spacial score (nSPS) is 11.1. The zero-order valence-electron chi connectivity index (χ0n) is 19.7. The molecule has 0 saturated heterocycles. The van der Waals surface area contributed by atoms with Gasteiger partial charge in [0, 0.05) is 6.54 Å². The average molecular weight is 485 g/mol. The van der Waals surface area contributed by atoms with Gasteiger partial charge in [-0.3, -0.25) is 4.79 Å². The van der Waals surface area contributed by atoms with Gasteiger partial charge in [-0.05, 0) is 30.5 Å². The lowest BCUT2D eigenvalue weighted by Gasteiger charge is -2.17. The summed E-state index contributed by atoms with van der Waals surface area (Å²) in [7, 11) is 3.48. The molecule has 1 rings (SSSR count). The first-order valence-corrected chi connectivity index (χ1v) is 10.6. The first-order chi connectivity index (χ1) is 16.3. The number of hydrogen-bond donors (Lipinski definition) is 1. The van der Waals surface area contributed by atoms with Crippen LogP contribution in [0.25, 0.3) is 0 Å². The van der Waals surface area contributed by atoms with Gasteiger partial charge in [0.25, 0.3) is 0 Å². The van der Waals surface area contributed by atoms with E-state index in [-0.39, 0.29) is 37.7 Å². The number of nitrogens with one attached hydrogen (secondary N) is 1. The van der Waals surface area contributed by atoms with Gasteiger partial charge < -0.3 is 38.5 Å². The largest absolute Gasteiger partial charge is 0.513 e. The topological polar surface area (TPSA) is 145 Å². The molecule has 0 saturated carbocycles. The number of ether oxygens (including phenoxy) is 7. The summed E-state index contributed by atoms with van der Waals surface area (Å²) in [5.74, 6) is -0.769. The van der Waals surface area contributed by atoms with E-state index in [0.29, 0.717) is 5.56 Å². The molecular weight excluding hydrogens is 454 g/mol. The quantitative estimate of drug-likeness (QED) is 0.190. The third kappa shape index (κ3) is 10.9. The Hall–Kier alpha value is -3.54. The van der Waals surface area contributed by atoms with Crippen molar-refractivity contribution >= 4 is 24.4 Å². The van der Waals surface area contributed by atoms with Crippen LogP contribution in [0.1, 0.15) is 31.7 Å². The van der Waals surface area contributed by atoms with Crippen molar-refractivity contribution in [1.29, 1.82) is 0 Å². The Morgan fingerprint density at radius 2 is 1.47 bits per heavy atom. The molecule has 0 amide bonds. The maximum atomic E-state index is 12.2. The number of methoxy groups -OCH3 is 3. The second kappa shape index (κ2) is 16.1. The molecule has 1 aromatic rings. The molecular formula is C22H31NO11. The molecule has 0 heterocycles. The Kier molecular flexibility index (Phi) is 13.5. The van der Waals surface area contributed by atoms with Crippen LogP contribution in [0.5, 0.6) is 11.5 Å². The molecule has 0 unspecified atom stereocenters.